The summed E-state index contributed by atoms with van der Waals surface area (Å²) in [4.78, 5) is 0. The van der Waals surface area contributed by atoms with Gasteiger partial charge in [-0.25, -0.2) is 0 Å². The van der Waals surface area contributed by atoms with Crippen molar-refractivity contribution in [1.29, 1.82) is 0 Å². The van der Waals surface area contributed by atoms with Gasteiger partial charge in [0, 0.05) is 12.2 Å². The first kappa shape index (κ1) is 20.2. The summed E-state index contributed by atoms with van der Waals surface area (Å²) in [5.74, 6) is 0. The van der Waals surface area contributed by atoms with Crippen LogP contribution < -0.4 is 5.32 Å². The third-order valence-electron chi connectivity index (χ3n) is 4.48. The van der Waals surface area contributed by atoms with Crippen LogP contribution in [0.4, 0.5) is 0 Å². The molecule has 2 nitrogen and oxygen atoms in total. The fraction of sp³-hybridized carbons (Fsp3) is 0.714. The molecule has 132 valence electrons. The van der Waals surface area contributed by atoms with E-state index in [1.54, 1.807) is 0 Å². The molecule has 1 aromatic carbocycles. The zero-order chi connectivity index (χ0) is 16.8. The maximum absolute atomic E-state index is 8.71. The van der Waals surface area contributed by atoms with Crippen LogP contribution in [0.3, 0.4) is 0 Å². The standard InChI is InChI=1S/C21H37NO/c1-19-15-20(2)17-21(16-19)18-22-13-11-9-7-5-3-4-6-8-10-12-14-23/h15-17,22-23H,3-14,18H2,1-2H3/p+1. The predicted octanol–water partition coefficient (Wildman–Crippen LogP) is 4.26. The highest BCUT2D eigenvalue weighted by molar-refractivity contribution is 5.27. The molecule has 1 aromatic rings. The van der Waals surface area contributed by atoms with Crippen molar-refractivity contribution < 1.29 is 10.4 Å². The van der Waals surface area contributed by atoms with E-state index < -0.39 is 0 Å². The average molecular weight is 321 g/mol. The zero-order valence-corrected chi connectivity index (χ0v) is 15.4. The molecule has 0 heterocycles. The Balaban J connectivity index is 1.86. The number of aryl methyl sites for hydroxylation is 2. The van der Waals surface area contributed by atoms with Crippen LogP contribution in [0, 0.1) is 13.8 Å². The second-order valence-electron chi connectivity index (χ2n) is 7.04. The van der Waals surface area contributed by atoms with E-state index in [1.807, 2.05) is 0 Å². The van der Waals surface area contributed by atoms with Crippen molar-refractivity contribution in [3.63, 3.8) is 0 Å². The summed E-state index contributed by atoms with van der Waals surface area (Å²) in [6.45, 7) is 7.11. The minimum atomic E-state index is 0.362. The Bertz CT molecular complexity index is 383. The van der Waals surface area contributed by atoms with Gasteiger partial charge in [-0.15, -0.1) is 0 Å². The number of aliphatic hydroxyl groups is 1. The van der Waals surface area contributed by atoms with Gasteiger partial charge in [0.05, 0.1) is 6.54 Å². The topological polar surface area (TPSA) is 36.8 Å². The lowest BCUT2D eigenvalue weighted by Gasteiger charge is -2.05. The van der Waals surface area contributed by atoms with Crippen LogP contribution in [0.5, 0.6) is 0 Å². The molecule has 0 atom stereocenters. The molecule has 0 amide bonds. The van der Waals surface area contributed by atoms with E-state index in [9.17, 15) is 0 Å². The van der Waals surface area contributed by atoms with Crippen LogP contribution in [0.25, 0.3) is 0 Å². The van der Waals surface area contributed by atoms with Crippen LogP contribution in [0.15, 0.2) is 18.2 Å². The average Bonchev–Trinajstić information content (AvgIpc) is 2.51. The molecule has 0 aliphatic heterocycles. The van der Waals surface area contributed by atoms with Crippen LogP contribution >= 0.6 is 0 Å². The minimum Gasteiger partial charge on any atom is -0.396 e. The molecule has 0 aromatic heterocycles. The number of hydrogen-bond donors (Lipinski definition) is 2. The number of unbranched alkanes of at least 4 members (excludes halogenated alkanes) is 9. The van der Waals surface area contributed by atoms with E-state index in [-0.39, 0.29) is 0 Å². The first-order valence-corrected chi connectivity index (χ1v) is 9.72. The van der Waals surface area contributed by atoms with Crippen LogP contribution in [0.2, 0.25) is 0 Å². The van der Waals surface area contributed by atoms with Crippen molar-refractivity contribution >= 4 is 0 Å². The van der Waals surface area contributed by atoms with Crippen molar-refractivity contribution in [1.82, 2.24) is 0 Å². The molecule has 0 aliphatic rings. The molecule has 0 bridgehead atoms. The number of hydrogen-bond acceptors (Lipinski definition) is 1. The van der Waals surface area contributed by atoms with E-state index in [0.717, 1.165) is 13.0 Å². The van der Waals surface area contributed by atoms with E-state index in [2.05, 4.69) is 37.4 Å². The van der Waals surface area contributed by atoms with Crippen molar-refractivity contribution in [2.24, 2.45) is 0 Å². The summed E-state index contributed by atoms with van der Waals surface area (Å²) in [6, 6.07) is 6.87. The second kappa shape index (κ2) is 13.6. The molecule has 23 heavy (non-hydrogen) atoms. The highest BCUT2D eigenvalue weighted by Crippen LogP contribution is 2.10. The van der Waals surface area contributed by atoms with Gasteiger partial charge in [0.15, 0.2) is 0 Å². The van der Waals surface area contributed by atoms with Crippen LogP contribution in [0.1, 0.15) is 80.9 Å². The normalized spacial score (nSPS) is 11.1. The van der Waals surface area contributed by atoms with Gasteiger partial charge in [-0.3, -0.25) is 0 Å². The Kier molecular flexibility index (Phi) is 11.9. The molecule has 1 rings (SSSR count). The maximum atomic E-state index is 8.71. The number of rotatable bonds is 14. The molecule has 0 fully saturated rings. The van der Waals surface area contributed by atoms with E-state index in [0.29, 0.717) is 6.61 Å². The summed E-state index contributed by atoms with van der Waals surface area (Å²) >= 11 is 0. The van der Waals surface area contributed by atoms with Gasteiger partial charge in [-0.2, -0.15) is 0 Å². The van der Waals surface area contributed by atoms with Gasteiger partial charge in [0.25, 0.3) is 0 Å². The highest BCUT2D eigenvalue weighted by Gasteiger charge is 1.99. The number of benzene rings is 1. The van der Waals surface area contributed by atoms with Gasteiger partial charge in [0.2, 0.25) is 0 Å². The van der Waals surface area contributed by atoms with Gasteiger partial charge in [0.1, 0.15) is 6.54 Å². The first-order valence-electron chi connectivity index (χ1n) is 9.72. The van der Waals surface area contributed by atoms with Crippen LogP contribution in [-0.4, -0.2) is 18.3 Å². The van der Waals surface area contributed by atoms with Gasteiger partial charge in [-0.05, 0) is 33.1 Å². The smallest absolute Gasteiger partial charge is 0.101 e. The van der Waals surface area contributed by atoms with E-state index in [1.165, 1.54) is 81.0 Å². The Morgan fingerprint density at radius 2 is 1.17 bits per heavy atom. The van der Waals surface area contributed by atoms with E-state index >= 15 is 0 Å². The third kappa shape index (κ3) is 11.3. The number of nitrogens with two attached hydrogens (primary N) is 1. The summed E-state index contributed by atoms with van der Waals surface area (Å²) in [7, 11) is 0. The van der Waals surface area contributed by atoms with Gasteiger partial charge in [-0.1, -0.05) is 74.3 Å². The van der Waals surface area contributed by atoms with Crippen molar-refractivity contribution in [3.8, 4) is 0 Å². The monoisotopic (exact) mass is 320 g/mol. The van der Waals surface area contributed by atoms with Gasteiger partial charge >= 0.3 is 0 Å². The Morgan fingerprint density at radius 1 is 0.696 bits per heavy atom. The fourth-order valence-electron chi connectivity index (χ4n) is 3.27. The van der Waals surface area contributed by atoms with Gasteiger partial charge < -0.3 is 10.4 Å². The maximum Gasteiger partial charge on any atom is 0.101 e. The molecule has 3 N–H and O–H groups in total. The molecular formula is C21H38NO+. The summed E-state index contributed by atoms with van der Waals surface area (Å²) < 4.78 is 0. The lowest BCUT2D eigenvalue weighted by molar-refractivity contribution is -0.671. The molecular weight excluding hydrogens is 282 g/mol. The highest BCUT2D eigenvalue weighted by atomic mass is 16.2. The largest absolute Gasteiger partial charge is 0.396 e. The fourth-order valence-corrected chi connectivity index (χ4v) is 3.27. The van der Waals surface area contributed by atoms with Crippen molar-refractivity contribution in [3.05, 3.63) is 34.9 Å². The summed E-state index contributed by atoms with van der Waals surface area (Å²) in [5, 5.41) is 11.2. The second-order valence-corrected chi connectivity index (χ2v) is 7.04. The van der Waals surface area contributed by atoms with Crippen molar-refractivity contribution in [2.45, 2.75) is 84.6 Å². The Hall–Kier alpha value is -0.860. The first-order chi connectivity index (χ1) is 11.2. The summed E-state index contributed by atoms with van der Waals surface area (Å²) in [6.07, 6.45) is 13.1. The Labute approximate surface area is 143 Å². The molecule has 0 saturated carbocycles. The molecule has 0 saturated heterocycles. The van der Waals surface area contributed by atoms with E-state index in [4.69, 9.17) is 5.11 Å². The molecule has 0 spiro atoms. The zero-order valence-electron chi connectivity index (χ0n) is 15.4. The van der Waals surface area contributed by atoms with Crippen molar-refractivity contribution in [2.75, 3.05) is 13.2 Å². The molecule has 0 radical (unpaired) electrons. The lowest BCUT2D eigenvalue weighted by Crippen LogP contribution is -2.82. The SMILES string of the molecule is Cc1cc(C)cc(C[NH2+]CCCCCCCCCCCCO)c1. The number of quaternary nitrogens is 1. The molecule has 0 unspecified atom stereocenters. The minimum absolute atomic E-state index is 0.362. The number of aliphatic hydroxyl groups excluding tert-OH is 1. The van der Waals surface area contributed by atoms with Crippen LogP contribution in [-0.2, 0) is 6.54 Å². The lowest BCUT2D eigenvalue weighted by atomic mass is 10.1. The predicted molar refractivity (Wildman–Crippen MR) is 99.7 cm³/mol. The molecule has 2 heteroatoms. The third-order valence-corrected chi connectivity index (χ3v) is 4.48. The Morgan fingerprint density at radius 3 is 1.70 bits per heavy atom. The molecule has 0 aliphatic carbocycles. The quantitative estimate of drug-likeness (QED) is 0.494. The summed E-state index contributed by atoms with van der Waals surface area (Å²) in [5.41, 5.74) is 4.22.